The fraction of sp³-hybridized carbons (Fsp3) is 0.120. The van der Waals surface area contributed by atoms with Crippen molar-refractivity contribution in [2.45, 2.75) is 20.0 Å². The van der Waals surface area contributed by atoms with Gasteiger partial charge in [0.15, 0.2) is 0 Å². The Morgan fingerprint density at radius 3 is 1.89 bits per heavy atom. The first-order chi connectivity index (χ1) is 13.2. The highest BCUT2D eigenvalue weighted by atomic mass is 15.0. The summed E-state index contributed by atoms with van der Waals surface area (Å²) in [7, 11) is 0. The van der Waals surface area contributed by atoms with Crippen LogP contribution in [0.15, 0.2) is 54.6 Å². The van der Waals surface area contributed by atoms with Crippen LogP contribution in [0.3, 0.4) is 0 Å². The normalized spacial score (nSPS) is 11.4. The molecule has 128 valence electrons. The van der Waals surface area contributed by atoms with E-state index in [2.05, 4.69) is 82.5 Å². The van der Waals surface area contributed by atoms with E-state index in [0.717, 1.165) is 0 Å². The number of nitrogens with zero attached hydrogens (tertiary/aromatic N) is 2. The third-order valence-corrected chi connectivity index (χ3v) is 5.41. The number of benzene rings is 3. The summed E-state index contributed by atoms with van der Waals surface area (Å²) in [6.07, 6.45) is 11.4. The molecule has 5 aromatic rings. The van der Waals surface area contributed by atoms with Crippen LogP contribution < -0.4 is 0 Å². The first kappa shape index (κ1) is 15.6. The summed E-state index contributed by atoms with van der Waals surface area (Å²) in [6.45, 7) is 3.22. The number of terminal acetylenes is 2. The van der Waals surface area contributed by atoms with Crippen LogP contribution in [0.5, 0.6) is 0 Å². The van der Waals surface area contributed by atoms with Gasteiger partial charge in [-0.2, -0.15) is 0 Å². The third-order valence-electron chi connectivity index (χ3n) is 5.41. The summed E-state index contributed by atoms with van der Waals surface area (Å²) < 4.78 is 4.47. The molecule has 0 bridgehead atoms. The quantitative estimate of drug-likeness (QED) is 0.375. The van der Waals surface area contributed by atoms with Crippen molar-refractivity contribution in [2.75, 3.05) is 0 Å². The van der Waals surface area contributed by atoms with Crippen molar-refractivity contribution in [3.63, 3.8) is 0 Å². The molecule has 0 spiro atoms. The summed E-state index contributed by atoms with van der Waals surface area (Å²) in [4.78, 5) is 0. The number of para-hydroxylation sites is 1. The number of aromatic nitrogens is 2. The lowest BCUT2D eigenvalue weighted by Gasteiger charge is -2.04. The van der Waals surface area contributed by atoms with E-state index in [0.29, 0.717) is 13.1 Å². The minimum absolute atomic E-state index is 0.553. The predicted molar refractivity (Wildman–Crippen MR) is 115 cm³/mol. The zero-order valence-electron chi connectivity index (χ0n) is 15.2. The Bertz CT molecular complexity index is 1450. The van der Waals surface area contributed by atoms with Gasteiger partial charge in [0, 0.05) is 27.1 Å². The van der Waals surface area contributed by atoms with Crippen molar-refractivity contribution in [2.24, 2.45) is 0 Å². The van der Waals surface area contributed by atoms with Gasteiger partial charge in [-0.05, 0) is 36.8 Å². The molecular weight excluding hydrogens is 328 g/mol. The van der Waals surface area contributed by atoms with Crippen LogP contribution in [0.2, 0.25) is 0 Å². The molecule has 0 saturated heterocycles. The van der Waals surface area contributed by atoms with Gasteiger partial charge in [0.05, 0.1) is 29.6 Å². The molecule has 2 nitrogen and oxygen atoms in total. The first-order valence-corrected chi connectivity index (χ1v) is 9.03. The molecule has 2 heterocycles. The SMILES string of the molecule is C#CCn1c2ccccc2c2cc3c(cc21)c1ccc(C)cc1n3CC#C. The third kappa shape index (κ3) is 2.11. The molecule has 0 aliphatic carbocycles. The molecule has 0 amide bonds. The van der Waals surface area contributed by atoms with Crippen LogP contribution in [-0.4, -0.2) is 9.13 Å². The highest BCUT2D eigenvalue weighted by Crippen LogP contribution is 2.37. The molecule has 0 atom stereocenters. The molecule has 27 heavy (non-hydrogen) atoms. The molecule has 0 unspecified atom stereocenters. The van der Waals surface area contributed by atoms with Gasteiger partial charge in [0.2, 0.25) is 0 Å². The van der Waals surface area contributed by atoms with E-state index in [1.54, 1.807) is 0 Å². The minimum atomic E-state index is 0.553. The van der Waals surface area contributed by atoms with E-state index in [-0.39, 0.29) is 0 Å². The van der Waals surface area contributed by atoms with Crippen LogP contribution in [0.25, 0.3) is 43.6 Å². The van der Waals surface area contributed by atoms with Gasteiger partial charge in [-0.25, -0.2) is 0 Å². The van der Waals surface area contributed by atoms with Gasteiger partial charge in [0.1, 0.15) is 0 Å². The van der Waals surface area contributed by atoms with Crippen LogP contribution in [0.4, 0.5) is 0 Å². The lowest BCUT2D eigenvalue weighted by Crippen LogP contribution is -1.96. The number of hydrogen-bond acceptors (Lipinski definition) is 0. The van der Waals surface area contributed by atoms with Gasteiger partial charge in [-0.15, -0.1) is 12.8 Å². The Labute approximate surface area is 158 Å². The maximum Gasteiger partial charge on any atom is 0.0841 e. The van der Waals surface area contributed by atoms with Gasteiger partial charge >= 0.3 is 0 Å². The van der Waals surface area contributed by atoms with Crippen LogP contribution in [-0.2, 0) is 13.1 Å². The van der Waals surface area contributed by atoms with Crippen LogP contribution >= 0.6 is 0 Å². The van der Waals surface area contributed by atoms with Crippen molar-refractivity contribution in [1.82, 2.24) is 9.13 Å². The summed E-state index contributed by atoms with van der Waals surface area (Å²) >= 11 is 0. The van der Waals surface area contributed by atoms with Crippen molar-refractivity contribution in [3.8, 4) is 24.7 Å². The fourth-order valence-corrected chi connectivity index (χ4v) is 4.27. The fourth-order valence-electron chi connectivity index (χ4n) is 4.27. The summed E-state index contributed by atoms with van der Waals surface area (Å²) in [6, 6.07) is 19.5. The zero-order chi connectivity index (χ0) is 18.5. The van der Waals surface area contributed by atoms with Gasteiger partial charge in [0.25, 0.3) is 0 Å². The van der Waals surface area contributed by atoms with Crippen LogP contribution in [0, 0.1) is 31.6 Å². The van der Waals surface area contributed by atoms with E-state index in [9.17, 15) is 0 Å². The van der Waals surface area contributed by atoms with Crippen molar-refractivity contribution in [3.05, 3.63) is 60.2 Å². The molecular formula is C25H18N2. The molecule has 3 aromatic carbocycles. The Morgan fingerprint density at radius 2 is 1.22 bits per heavy atom. The van der Waals surface area contributed by atoms with Gasteiger partial charge < -0.3 is 9.13 Å². The van der Waals surface area contributed by atoms with E-state index in [4.69, 9.17) is 12.8 Å². The second-order valence-corrected chi connectivity index (χ2v) is 7.00. The average molecular weight is 346 g/mol. The molecule has 0 aliphatic rings. The van der Waals surface area contributed by atoms with E-state index >= 15 is 0 Å². The van der Waals surface area contributed by atoms with Crippen LogP contribution in [0.1, 0.15) is 5.56 Å². The predicted octanol–water partition coefficient (Wildman–Crippen LogP) is 5.48. The average Bonchev–Trinajstić information content (AvgIpc) is 3.14. The van der Waals surface area contributed by atoms with Gasteiger partial charge in [-0.3, -0.25) is 0 Å². The molecule has 0 fully saturated rings. The molecule has 5 rings (SSSR count). The lowest BCUT2D eigenvalue weighted by molar-refractivity contribution is 0.920. The monoisotopic (exact) mass is 346 g/mol. The molecule has 2 heteroatoms. The second kappa shape index (κ2) is 5.70. The van der Waals surface area contributed by atoms with E-state index in [1.807, 2.05) is 0 Å². The zero-order valence-corrected chi connectivity index (χ0v) is 15.2. The minimum Gasteiger partial charge on any atom is -0.329 e. The Kier molecular flexibility index (Phi) is 3.30. The van der Waals surface area contributed by atoms with Crippen molar-refractivity contribution >= 4 is 43.6 Å². The topological polar surface area (TPSA) is 9.86 Å². The molecule has 0 N–H and O–H groups in total. The second-order valence-electron chi connectivity index (χ2n) is 7.00. The van der Waals surface area contributed by atoms with E-state index in [1.165, 1.54) is 49.2 Å². The summed E-state index contributed by atoms with van der Waals surface area (Å²) in [5, 5.41) is 4.88. The highest BCUT2D eigenvalue weighted by Gasteiger charge is 2.16. The molecule has 2 aromatic heterocycles. The standard InChI is InChI=1S/C25H18N2/c1-4-12-26-22-9-7-6-8-18(22)20-15-25-21(16-24(20)26)19-11-10-17(3)14-23(19)27(25)13-5-2/h1-2,6-11,14-16H,12-13H2,3H3. The van der Waals surface area contributed by atoms with Gasteiger partial charge in [-0.1, -0.05) is 42.2 Å². The Hall–Kier alpha value is -3.62. The summed E-state index contributed by atoms with van der Waals surface area (Å²) in [5.74, 6) is 5.62. The summed E-state index contributed by atoms with van der Waals surface area (Å²) in [5.41, 5.74) is 5.92. The lowest BCUT2D eigenvalue weighted by atomic mass is 10.1. The number of hydrogen-bond donors (Lipinski definition) is 0. The number of fused-ring (bicyclic) bond motifs is 6. The maximum absolute atomic E-state index is 5.69. The number of rotatable bonds is 2. The maximum atomic E-state index is 5.69. The molecule has 0 aliphatic heterocycles. The highest BCUT2D eigenvalue weighted by molar-refractivity contribution is 6.18. The van der Waals surface area contributed by atoms with Crippen molar-refractivity contribution in [1.29, 1.82) is 0 Å². The smallest absolute Gasteiger partial charge is 0.0841 e. The molecule has 0 saturated carbocycles. The van der Waals surface area contributed by atoms with Crippen molar-refractivity contribution < 1.29 is 0 Å². The molecule has 0 radical (unpaired) electrons. The Balaban J connectivity index is 2.02. The first-order valence-electron chi connectivity index (χ1n) is 9.03. The number of aryl methyl sites for hydroxylation is 1. The Morgan fingerprint density at radius 1 is 0.667 bits per heavy atom. The largest absolute Gasteiger partial charge is 0.329 e. The van der Waals surface area contributed by atoms with E-state index < -0.39 is 0 Å².